The van der Waals surface area contributed by atoms with E-state index in [1.54, 1.807) is 0 Å². The SMILES string of the molecule is C[C@H](N)C(=O)Oc1ccc(O)c(O)c1. The number of phenols is 2. The average molecular weight is 197 g/mol. The van der Waals surface area contributed by atoms with E-state index in [1.165, 1.54) is 19.1 Å². The summed E-state index contributed by atoms with van der Waals surface area (Å²) in [5, 5.41) is 18.1. The Morgan fingerprint density at radius 3 is 2.57 bits per heavy atom. The van der Waals surface area contributed by atoms with E-state index < -0.39 is 12.0 Å². The van der Waals surface area contributed by atoms with E-state index in [1.807, 2.05) is 0 Å². The van der Waals surface area contributed by atoms with Crippen molar-refractivity contribution < 1.29 is 19.7 Å². The van der Waals surface area contributed by atoms with E-state index in [4.69, 9.17) is 20.7 Å². The van der Waals surface area contributed by atoms with Gasteiger partial charge < -0.3 is 20.7 Å². The minimum atomic E-state index is -0.731. The predicted octanol–water partition coefficient (Wildman–Crippen LogP) is 0.350. The van der Waals surface area contributed by atoms with E-state index in [0.717, 1.165) is 6.07 Å². The normalized spacial score (nSPS) is 12.1. The molecule has 76 valence electrons. The molecule has 0 saturated carbocycles. The van der Waals surface area contributed by atoms with Gasteiger partial charge in [0.1, 0.15) is 11.8 Å². The quantitative estimate of drug-likeness (QED) is 0.361. The Morgan fingerprint density at radius 1 is 1.43 bits per heavy atom. The molecule has 1 rings (SSSR count). The number of benzene rings is 1. The largest absolute Gasteiger partial charge is 0.504 e. The van der Waals surface area contributed by atoms with Crippen LogP contribution in [-0.4, -0.2) is 22.2 Å². The molecular weight excluding hydrogens is 186 g/mol. The second kappa shape index (κ2) is 3.97. The van der Waals surface area contributed by atoms with Crippen molar-refractivity contribution in [1.29, 1.82) is 0 Å². The highest BCUT2D eigenvalue weighted by Gasteiger charge is 2.11. The van der Waals surface area contributed by atoms with Gasteiger partial charge in [0, 0.05) is 6.07 Å². The molecule has 0 aliphatic rings. The molecular formula is C9H11NO4. The second-order valence-electron chi connectivity index (χ2n) is 2.86. The third-order valence-corrected chi connectivity index (χ3v) is 1.54. The highest BCUT2D eigenvalue weighted by molar-refractivity contribution is 5.77. The fourth-order valence-electron chi connectivity index (χ4n) is 0.776. The smallest absolute Gasteiger partial charge is 0.328 e. The summed E-state index contributed by atoms with van der Waals surface area (Å²) in [6.07, 6.45) is 0. The van der Waals surface area contributed by atoms with Crippen LogP contribution in [0, 0.1) is 0 Å². The first-order valence-corrected chi connectivity index (χ1v) is 4.00. The molecule has 0 spiro atoms. The molecule has 1 aromatic carbocycles. The first kappa shape index (κ1) is 10.3. The van der Waals surface area contributed by atoms with Gasteiger partial charge in [-0.3, -0.25) is 0 Å². The standard InChI is InChI=1S/C9H11NO4/c1-5(10)9(13)14-6-2-3-7(11)8(12)4-6/h2-5,11-12H,10H2,1H3/t5-/m0/s1. The van der Waals surface area contributed by atoms with Gasteiger partial charge in [-0.15, -0.1) is 0 Å². The molecule has 0 saturated heterocycles. The second-order valence-corrected chi connectivity index (χ2v) is 2.86. The maximum absolute atomic E-state index is 11.0. The lowest BCUT2D eigenvalue weighted by atomic mass is 10.3. The van der Waals surface area contributed by atoms with Crippen LogP contribution < -0.4 is 10.5 Å². The van der Waals surface area contributed by atoms with Crippen LogP contribution in [0.25, 0.3) is 0 Å². The van der Waals surface area contributed by atoms with Crippen LogP contribution in [-0.2, 0) is 4.79 Å². The number of hydrogen-bond donors (Lipinski definition) is 3. The predicted molar refractivity (Wildman–Crippen MR) is 49.1 cm³/mol. The molecule has 0 heterocycles. The summed E-state index contributed by atoms with van der Waals surface area (Å²) >= 11 is 0. The zero-order chi connectivity index (χ0) is 10.7. The molecule has 0 aliphatic heterocycles. The van der Waals surface area contributed by atoms with Crippen molar-refractivity contribution in [2.75, 3.05) is 0 Å². The minimum Gasteiger partial charge on any atom is -0.504 e. The van der Waals surface area contributed by atoms with Crippen molar-refractivity contribution in [3.05, 3.63) is 18.2 Å². The molecule has 14 heavy (non-hydrogen) atoms. The minimum absolute atomic E-state index is 0.141. The number of hydrogen-bond acceptors (Lipinski definition) is 5. The van der Waals surface area contributed by atoms with Crippen LogP contribution in [0.15, 0.2) is 18.2 Å². The molecule has 5 nitrogen and oxygen atoms in total. The van der Waals surface area contributed by atoms with Gasteiger partial charge in [0.15, 0.2) is 11.5 Å². The summed E-state index contributed by atoms with van der Waals surface area (Å²) in [5.41, 5.74) is 5.27. The maximum atomic E-state index is 11.0. The van der Waals surface area contributed by atoms with Crippen molar-refractivity contribution in [2.24, 2.45) is 5.73 Å². The summed E-state index contributed by atoms with van der Waals surface area (Å²) in [6.45, 7) is 1.49. The van der Waals surface area contributed by atoms with Gasteiger partial charge in [0.2, 0.25) is 0 Å². The highest BCUT2D eigenvalue weighted by Crippen LogP contribution is 2.28. The number of nitrogens with two attached hydrogens (primary N) is 1. The Balaban J connectivity index is 2.78. The molecule has 1 atom stereocenters. The summed E-state index contributed by atoms with van der Waals surface area (Å²) < 4.78 is 4.78. The van der Waals surface area contributed by atoms with Crippen LogP contribution in [0.2, 0.25) is 0 Å². The molecule has 1 aromatic rings. The lowest BCUT2D eigenvalue weighted by Crippen LogP contribution is -2.30. The van der Waals surface area contributed by atoms with E-state index >= 15 is 0 Å². The van der Waals surface area contributed by atoms with Gasteiger partial charge in [0.05, 0.1) is 0 Å². The fourth-order valence-corrected chi connectivity index (χ4v) is 0.776. The van der Waals surface area contributed by atoms with Gasteiger partial charge in [0.25, 0.3) is 0 Å². The number of phenolic OH excluding ortho intramolecular Hbond substituents is 2. The molecule has 0 amide bonds. The Kier molecular flexibility index (Phi) is 2.93. The molecule has 0 unspecified atom stereocenters. The third-order valence-electron chi connectivity index (χ3n) is 1.54. The number of carbonyl (C=O) groups is 1. The molecule has 0 bridgehead atoms. The summed E-state index contributed by atoms with van der Waals surface area (Å²) in [4.78, 5) is 11.0. The third kappa shape index (κ3) is 2.37. The zero-order valence-corrected chi connectivity index (χ0v) is 7.60. The fraction of sp³-hybridized carbons (Fsp3) is 0.222. The number of aromatic hydroxyl groups is 2. The zero-order valence-electron chi connectivity index (χ0n) is 7.60. The van der Waals surface area contributed by atoms with Crippen LogP contribution in [0.3, 0.4) is 0 Å². The Morgan fingerprint density at radius 2 is 2.07 bits per heavy atom. The molecule has 0 radical (unpaired) electrons. The summed E-state index contributed by atoms with van der Waals surface area (Å²) in [5.74, 6) is -1.08. The Hall–Kier alpha value is -1.75. The molecule has 0 fully saturated rings. The van der Waals surface area contributed by atoms with E-state index in [2.05, 4.69) is 0 Å². The Bertz CT molecular complexity index is 349. The van der Waals surface area contributed by atoms with Gasteiger partial charge in [-0.2, -0.15) is 0 Å². The average Bonchev–Trinajstić information content (AvgIpc) is 2.11. The first-order valence-electron chi connectivity index (χ1n) is 4.00. The summed E-state index contributed by atoms with van der Waals surface area (Å²) in [6, 6.07) is 2.98. The monoisotopic (exact) mass is 197 g/mol. The number of esters is 1. The van der Waals surface area contributed by atoms with Crippen molar-refractivity contribution in [3.63, 3.8) is 0 Å². The number of rotatable bonds is 2. The molecule has 0 aromatic heterocycles. The number of ether oxygens (including phenoxy) is 1. The van der Waals surface area contributed by atoms with Crippen LogP contribution in [0.1, 0.15) is 6.92 Å². The molecule has 5 heteroatoms. The van der Waals surface area contributed by atoms with E-state index in [9.17, 15) is 4.79 Å². The van der Waals surface area contributed by atoms with E-state index in [-0.39, 0.29) is 17.2 Å². The van der Waals surface area contributed by atoms with Crippen LogP contribution >= 0.6 is 0 Å². The van der Waals surface area contributed by atoms with Gasteiger partial charge >= 0.3 is 5.97 Å². The van der Waals surface area contributed by atoms with Crippen molar-refractivity contribution in [1.82, 2.24) is 0 Å². The lowest BCUT2D eigenvalue weighted by Gasteiger charge is -2.07. The van der Waals surface area contributed by atoms with Gasteiger partial charge in [-0.05, 0) is 19.1 Å². The van der Waals surface area contributed by atoms with Gasteiger partial charge in [-0.1, -0.05) is 0 Å². The maximum Gasteiger partial charge on any atom is 0.328 e. The van der Waals surface area contributed by atoms with Crippen LogP contribution in [0.4, 0.5) is 0 Å². The van der Waals surface area contributed by atoms with Crippen molar-refractivity contribution in [3.8, 4) is 17.2 Å². The van der Waals surface area contributed by atoms with Crippen molar-refractivity contribution in [2.45, 2.75) is 13.0 Å². The van der Waals surface area contributed by atoms with Crippen molar-refractivity contribution >= 4 is 5.97 Å². The molecule has 4 N–H and O–H groups in total. The molecule has 0 aliphatic carbocycles. The van der Waals surface area contributed by atoms with Crippen LogP contribution in [0.5, 0.6) is 17.2 Å². The highest BCUT2D eigenvalue weighted by atomic mass is 16.5. The Labute approximate surface area is 80.7 Å². The topological polar surface area (TPSA) is 92.8 Å². The lowest BCUT2D eigenvalue weighted by molar-refractivity contribution is -0.135. The van der Waals surface area contributed by atoms with Gasteiger partial charge in [-0.25, -0.2) is 4.79 Å². The first-order chi connectivity index (χ1) is 6.50. The number of carbonyl (C=O) groups excluding carboxylic acids is 1. The summed E-state index contributed by atoms with van der Waals surface area (Å²) in [7, 11) is 0. The van der Waals surface area contributed by atoms with E-state index in [0.29, 0.717) is 0 Å².